The van der Waals surface area contributed by atoms with Gasteiger partial charge < -0.3 is 19.7 Å². The van der Waals surface area contributed by atoms with Gasteiger partial charge in [-0.05, 0) is 57.6 Å². The second-order valence-electron chi connectivity index (χ2n) is 8.74. The fourth-order valence-electron chi connectivity index (χ4n) is 3.74. The molecule has 5 atom stereocenters. The van der Waals surface area contributed by atoms with E-state index in [0.717, 1.165) is 24.0 Å². The number of aliphatic hydroxyl groups excluding tert-OH is 2. The molecule has 5 heteroatoms. The van der Waals surface area contributed by atoms with E-state index in [1.54, 1.807) is 7.11 Å². The van der Waals surface area contributed by atoms with Crippen molar-refractivity contribution in [2.75, 3.05) is 7.11 Å². The molecule has 0 fully saturated rings. The summed E-state index contributed by atoms with van der Waals surface area (Å²) in [6, 6.07) is 0. The fourth-order valence-corrected chi connectivity index (χ4v) is 3.74. The largest absolute Gasteiger partial charge is 0.458 e. The Morgan fingerprint density at radius 1 is 1.19 bits per heavy atom. The number of esters is 1. The first kappa shape index (κ1) is 28.1. The first-order valence-electron chi connectivity index (χ1n) is 11.6. The molecule has 0 radical (unpaired) electrons. The number of hydrogen-bond acceptors (Lipinski definition) is 5. The number of ether oxygens (including phenoxy) is 2. The second-order valence-corrected chi connectivity index (χ2v) is 8.74. The lowest BCUT2D eigenvalue weighted by molar-refractivity contribution is -0.149. The van der Waals surface area contributed by atoms with Crippen LogP contribution in [-0.4, -0.2) is 47.7 Å². The molecule has 0 bridgehead atoms. The zero-order valence-electron chi connectivity index (χ0n) is 20.4. The van der Waals surface area contributed by atoms with E-state index >= 15 is 0 Å². The molecule has 0 spiro atoms. The van der Waals surface area contributed by atoms with Crippen LogP contribution in [0.15, 0.2) is 59.8 Å². The average molecular weight is 447 g/mol. The van der Waals surface area contributed by atoms with Gasteiger partial charge in [-0.1, -0.05) is 55.0 Å². The Kier molecular flexibility index (Phi) is 13.9. The Morgan fingerprint density at radius 3 is 2.53 bits per heavy atom. The number of rotatable bonds is 4. The van der Waals surface area contributed by atoms with Crippen molar-refractivity contribution >= 4 is 5.97 Å². The van der Waals surface area contributed by atoms with Crippen LogP contribution in [0.4, 0.5) is 0 Å². The van der Waals surface area contributed by atoms with Crippen molar-refractivity contribution in [3.05, 3.63) is 59.8 Å². The van der Waals surface area contributed by atoms with Crippen molar-refractivity contribution in [2.45, 2.75) is 90.6 Å². The van der Waals surface area contributed by atoms with Crippen LogP contribution >= 0.6 is 0 Å². The van der Waals surface area contributed by atoms with Gasteiger partial charge in [0.2, 0.25) is 0 Å². The highest BCUT2D eigenvalue weighted by Crippen LogP contribution is 2.20. The fraction of sp³-hybridized carbons (Fsp3) is 0.593. The summed E-state index contributed by atoms with van der Waals surface area (Å²) < 4.78 is 11.2. The van der Waals surface area contributed by atoms with Crippen LogP contribution in [0.25, 0.3) is 0 Å². The minimum atomic E-state index is -0.968. The number of carbonyl (C=O) groups excluding carboxylic acids is 1. The Balaban J connectivity index is 3.02. The van der Waals surface area contributed by atoms with Crippen LogP contribution in [-0.2, 0) is 14.3 Å². The third-order valence-electron chi connectivity index (χ3n) is 5.46. The van der Waals surface area contributed by atoms with Crippen molar-refractivity contribution in [2.24, 2.45) is 5.92 Å². The summed E-state index contributed by atoms with van der Waals surface area (Å²) >= 11 is 0. The van der Waals surface area contributed by atoms with Gasteiger partial charge >= 0.3 is 5.97 Å². The maximum atomic E-state index is 12.4. The van der Waals surface area contributed by atoms with Crippen LogP contribution < -0.4 is 0 Å². The summed E-state index contributed by atoms with van der Waals surface area (Å²) in [7, 11) is 1.62. The van der Waals surface area contributed by atoms with Gasteiger partial charge in [0.25, 0.3) is 0 Å². The molecule has 0 saturated heterocycles. The summed E-state index contributed by atoms with van der Waals surface area (Å²) in [6.45, 7) is 8.13. The molecule has 0 aromatic carbocycles. The Labute approximate surface area is 194 Å². The number of methoxy groups -OCH3 is 1. The van der Waals surface area contributed by atoms with E-state index in [9.17, 15) is 15.0 Å². The van der Waals surface area contributed by atoms with Crippen LogP contribution in [0.2, 0.25) is 0 Å². The lowest BCUT2D eigenvalue weighted by atomic mass is 9.96. The van der Waals surface area contributed by atoms with Crippen LogP contribution in [0.3, 0.4) is 0 Å². The third-order valence-corrected chi connectivity index (χ3v) is 5.46. The summed E-state index contributed by atoms with van der Waals surface area (Å²) in [5, 5.41) is 20.8. The van der Waals surface area contributed by atoms with E-state index < -0.39 is 24.3 Å². The number of hydrogen-bond donors (Lipinski definition) is 2. The van der Waals surface area contributed by atoms with E-state index in [1.807, 2.05) is 51.2 Å². The quantitative estimate of drug-likeness (QED) is 0.458. The molecule has 5 nitrogen and oxygen atoms in total. The highest BCUT2D eigenvalue weighted by Gasteiger charge is 2.22. The van der Waals surface area contributed by atoms with Crippen molar-refractivity contribution in [3.63, 3.8) is 0 Å². The first-order valence-corrected chi connectivity index (χ1v) is 11.6. The van der Waals surface area contributed by atoms with E-state index in [2.05, 4.69) is 25.2 Å². The van der Waals surface area contributed by atoms with Crippen molar-refractivity contribution in [3.8, 4) is 0 Å². The molecule has 32 heavy (non-hydrogen) atoms. The third kappa shape index (κ3) is 12.2. The SMILES string of the molecule is C/C=C/C/C(C)=C\[C@H]1C/C=C/C=C/C[C@H](C)/C=C(\C)[C@@H](OC)C[C@@H](O)C[C@@H](O)CC(=O)O1. The highest BCUT2D eigenvalue weighted by molar-refractivity contribution is 5.70. The molecular weight excluding hydrogens is 404 g/mol. The lowest BCUT2D eigenvalue weighted by Crippen LogP contribution is -2.27. The number of allylic oxidation sites excluding steroid dienone is 7. The molecule has 1 aliphatic heterocycles. The zero-order valence-corrected chi connectivity index (χ0v) is 20.4. The van der Waals surface area contributed by atoms with Crippen LogP contribution in [0, 0.1) is 5.92 Å². The number of carbonyl (C=O) groups is 1. The van der Waals surface area contributed by atoms with Gasteiger partial charge in [-0.2, -0.15) is 0 Å². The second kappa shape index (κ2) is 15.8. The van der Waals surface area contributed by atoms with Crippen molar-refractivity contribution < 1.29 is 24.5 Å². The minimum Gasteiger partial charge on any atom is -0.458 e. The predicted octanol–water partition coefficient (Wildman–Crippen LogP) is 5.21. The maximum Gasteiger partial charge on any atom is 0.309 e. The van der Waals surface area contributed by atoms with Gasteiger partial charge in [0.1, 0.15) is 6.10 Å². The molecule has 180 valence electrons. The van der Waals surface area contributed by atoms with Gasteiger partial charge in [-0.15, -0.1) is 0 Å². The molecule has 2 N–H and O–H groups in total. The van der Waals surface area contributed by atoms with Crippen molar-refractivity contribution in [1.82, 2.24) is 0 Å². The monoisotopic (exact) mass is 446 g/mol. The lowest BCUT2D eigenvalue weighted by Gasteiger charge is -2.23. The minimum absolute atomic E-state index is 0.0985. The standard InChI is InChI=1S/C27H42O5/c1-6-7-12-21(3)16-25-14-11-9-8-10-13-20(2)15-22(4)26(31-5)18-23(28)17-24(29)19-27(30)32-25/h6-11,15-16,20,23-26,28-29H,12-14,17-19H2,1-5H3/b7-6+,10-8+,11-9+,21-16-,22-15+/t20-,23-,24+,25+,26-/m0/s1. The molecule has 0 aliphatic carbocycles. The zero-order chi connectivity index (χ0) is 23.9. The molecule has 1 rings (SSSR count). The smallest absolute Gasteiger partial charge is 0.309 e. The molecule has 0 unspecified atom stereocenters. The maximum absolute atomic E-state index is 12.4. The molecule has 0 amide bonds. The van der Waals surface area contributed by atoms with Gasteiger partial charge in [0, 0.05) is 20.0 Å². The molecule has 0 aromatic heterocycles. The molecule has 1 aliphatic rings. The average Bonchev–Trinajstić information content (AvgIpc) is 2.71. The van der Waals surface area contributed by atoms with Crippen LogP contribution in [0.1, 0.15) is 66.2 Å². The Bertz CT molecular complexity index is 701. The molecular formula is C27H42O5. The Morgan fingerprint density at radius 2 is 1.88 bits per heavy atom. The van der Waals surface area contributed by atoms with Gasteiger partial charge in [-0.3, -0.25) is 4.79 Å². The van der Waals surface area contributed by atoms with Crippen molar-refractivity contribution in [1.29, 1.82) is 0 Å². The summed E-state index contributed by atoms with van der Waals surface area (Å²) in [5.74, 6) is -0.132. The van der Waals surface area contributed by atoms with E-state index in [1.165, 1.54) is 0 Å². The summed E-state index contributed by atoms with van der Waals surface area (Å²) in [5.41, 5.74) is 2.17. The molecule has 1 heterocycles. The summed E-state index contributed by atoms with van der Waals surface area (Å²) in [4.78, 5) is 12.4. The van der Waals surface area contributed by atoms with Crippen LogP contribution in [0.5, 0.6) is 0 Å². The highest BCUT2D eigenvalue weighted by atomic mass is 16.5. The van der Waals surface area contributed by atoms with E-state index in [0.29, 0.717) is 18.8 Å². The molecule has 0 aromatic rings. The summed E-state index contributed by atoms with van der Waals surface area (Å²) in [6.07, 6.45) is 16.5. The van der Waals surface area contributed by atoms with E-state index in [4.69, 9.17) is 9.47 Å². The normalized spacial score (nSPS) is 33.6. The van der Waals surface area contributed by atoms with Gasteiger partial charge in [0.05, 0.1) is 24.7 Å². The molecule has 0 saturated carbocycles. The topological polar surface area (TPSA) is 76.0 Å². The Hall–Kier alpha value is -1.95. The van der Waals surface area contributed by atoms with Gasteiger partial charge in [-0.25, -0.2) is 0 Å². The van der Waals surface area contributed by atoms with E-state index in [-0.39, 0.29) is 18.9 Å². The van der Waals surface area contributed by atoms with Gasteiger partial charge in [0.15, 0.2) is 0 Å². The number of aliphatic hydroxyl groups is 2. The first-order chi connectivity index (χ1) is 15.2. The number of cyclic esters (lactones) is 1. The predicted molar refractivity (Wildman–Crippen MR) is 130 cm³/mol.